The van der Waals surface area contributed by atoms with Gasteiger partial charge in [-0.15, -0.1) is 0 Å². The fraction of sp³-hybridized carbons (Fsp3) is 0.257. The lowest BCUT2D eigenvalue weighted by Crippen LogP contribution is -2.46. The van der Waals surface area contributed by atoms with Crippen LogP contribution in [0.5, 0.6) is 0 Å². The van der Waals surface area contributed by atoms with E-state index in [9.17, 15) is 34.2 Å². The zero-order chi connectivity index (χ0) is 37.6. The van der Waals surface area contributed by atoms with E-state index < -0.39 is 56.0 Å². The van der Waals surface area contributed by atoms with Crippen LogP contribution in [0, 0.1) is 11.8 Å². The molecule has 16 nitrogen and oxygen atoms in total. The fourth-order valence-corrected chi connectivity index (χ4v) is 5.32. The number of carboxylic acids is 4. The van der Waals surface area contributed by atoms with Gasteiger partial charge < -0.3 is 25.7 Å². The maximum atomic E-state index is 12.9. The number of carbonyl (C=O) groups excluding carboxylic acids is 1. The Morgan fingerprint density at radius 3 is 1.88 bits per heavy atom. The highest BCUT2D eigenvalue weighted by atomic mass is 32.1. The Morgan fingerprint density at radius 1 is 0.712 bits per heavy atom. The number of pyridine rings is 2. The molecule has 17 heteroatoms. The van der Waals surface area contributed by atoms with Crippen LogP contribution < -0.4 is 5.32 Å². The van der Waals surface area contributed by atoms with Gasteiger partial charge in [-0.1, -0.05) is 12.0 Å². The molecule has 0 saturated heterocycles. The molecule has 268 valence electrons. The number of amides is 1. The summed E-state index contributed by atoms with van der Waals surface area (Å²) >= 11 is 4.80. The minimum atomic E-state index is -1.24. The summed E-state index contributed by atoms with van der Waals surface area (Å²) in [6, 6.07) is 15.9. The van der Waals surface area contributed by atoms with Crippen LogP contribution in [0.25, 0.3) is 21.8 Å². The lowest BCUT2D eigenvalue weighted by Gasteiger charge is -2.27. The van der Waals surface area contributed by atoms with Crippen LogP contribution in [0.4, 0.5) is 11.4 Å². The molecule has 52 heavy (non-hydrogen) atoms. The Morgan fingerprint density at radius 2 is 1.29 bits per heavy atom. The first-order chi connectivity index (χ1) is 24.9. The topological polar surface area (TPSA) is 226 Å². The molecular formula is C35H33N7O9S. The minimum absolute atomic E-state index is 0.00918. The number of fused-ring (bicyclic) bond motifs is 3. The summed E-state index contributed by atoms with van der Waals surface area (Å²) in [5.41, 5.74) is 3.51. The van der Waals surface area contributed by atoms with Crippen LogP contribution >= 0.6 is 12.2 Å². The largest absolute Gasteiger partial charge is 0.480 e. The Bertz CT molecular complexity index is 2080. The van der Waals surface area contributed by atoms with Gasteiger partial charge in [0, 0.05) is 54.4 Å². The number of anilines is 1. The Balaban J connectivity index is 1.39. The number of rotatable bonds is 18. The normalized spacial score (nSPS) is 10.9. The van der Waals surface area contributed by atoms with Gasteiger partial charge >= 0.3 is 23.9 Å². The van der Waals surface area contributed by atoms with Crippen LogP contribution in [0.3, 0.4) is 0 Å². The van der Waals surface area contributed by atoms with Gasteiger partial charge in [0.25, 0.3) is 0 Å². The highest BCUT2D eigenvalue weighted by Gasteiger charge is 2.20. The van der Waals surface area contributed by atoms with Crippen molar-refractivity contribution in [2.75, 3.05) is 64.2 Å². The standard InChI is InChI=1S/C35H33N7O9S/c43-29(17-41(19-31(46)47)14-12-40(18-30(44)45)13-15-42(20-32(48)49)21-33(50)51)38-25-6-3-23(4-7-25)5-8-26-9-10-27-28(37-22-52)16-24-2-1-11-36-34(24)35(27)39-26/h1-4,6-7,9-11,16H,12-15,17-21H2,(H,38,43)(H,44,45)(H,46,47)(H,48,49)(H,50,51). The predicted octanol–water partition coefficient (Wildman–Crippen LogP) is 2.10. The minimum Gasteiger partial charge on any atom is -0.480 e. The first-order valence-electron chi connectivity index (χ1n) is 15.6. The summed E-state index contributed by atoms with van der Waals surface area (Å²) in [7, 11) is 0. The second-order valence-corrected chi connectivity index (χ2v) is 11.6. The monoisotopic (exact) mass is 727 g/mol. The third-order valence-corrected chi connectivity index (χ3v) is 7.56. The van der Waals surface area contributed by atoms with Crippen molar-refractivity contribution in [1.29, 1.82) is 0 Å². The Kier molecular flexibility index (Phi) is 13.9. The van der Waals surface area contributed by atoms with Crippen LogP contribution in [-0.2, 0) is 24.0 Å². The lowest BCUT2D eigenvalue weighted by atomic mass is 10.1. The van der Waals surface area contributed by atoms with E-state index in [1.54, 1.807) is 36.5 Å². The first-order valence-corrected chi connectivity index (χ1v) is 16.0. The van der Waals surface area contributed by atoms with Gasteiger partial charge in [-0.05, 0) is 66.7 Å². The molecule has 0 aliphatic heterocycles. The van der Waals surface area contributed by atoms with Gasteiger partial charge in [-0.3, -0.25) is 43.7 Å². The van der Waals surface area contributed by atoms with Crippen LogP contribution in [0.1, 0.15) is 11.3 Å². The van der Waals surface area contributed by atoms with Gasteiger partial charge in [-0.25, -0.2) is 4.98 Å². The number of thiocarbonyl (C=S) groups is 1. The number of aromatic nitrogens is 2. The van der Waals surface area contributed by atoms with Gasteiger partial charge in [0.2, 0.25) is 5.91 Å². The fourth-order valence-electron chi connectivity index (χ4n) is 5.22. The number of isothiocyanates is 1. The summed E-state index contributed by atoms with van der Waals surface area (Å²) in [5.74, 6) is 0.684. The van der Waals surface area contributed by atoms with E-state index in [1.807, 2.05) is 24.3 Å². The molecule has 2 aromatic heterocycles. The number of hydrogen-bond donors (Lipinski definition) is 5. The number of benzene rings is 2. The van der Waals surface area contributed by atoms with Crippen molar-refractivity contribution in [3.63, 3.8) is 0 Å². The molecule has 0 aliphatic carbocycles. The third-order valence-electron chi connectivity index (χ3n) is 7.46. The van der Waals surface area contributed by atoms with Crippen molar-refractivity contribution in [2.45, 2.75) is 0 Å². The highest BCUT2D eigenvalue weighted by Crippen LogP contribution is 2.31. The van der Waals surface area contributed by atoms with Crippen molar-refractivity contribution in [1.82, 2.24) is 24.7 Å². The lowest BCUT2D eigenvalue weighted by molar-refractivity contribution is -0.143. The summed E-state index contributed by atoms with van der Waals surface area (Å²) in [5, 5.41) is 43.6. The molecule has 0 aliphatic rings. The maximum Gasteiger partial charge on any atom is 0.317 e. The zero-order valence-electron chi connectivity index (χ0n) is 27.6. The molecule has 0 fully saturated rings. The van der Waals surface area contributed by atoms with E-state index in [2.05, 4.69) is 32.3 Å². The van der Waals surface area contributed by atoms with Gasteiger partial charge in [-0.2, -0.15) is 4.99 Å². The highest BCUT2D eigenvalue weighted by molar-refractivity contribution is 7.78. The summed E-state index contributed by atoms with van der Waals surface area (Å²) < 4.78 is 0. The SMILES string of the molecule is O=C(O)CN(CCN(CC(=O)O)CC(=O)O)CCN(CC(=O)O)CC(=O)Nc1ccc(C#Cc2ccc3c(N=C=S)cc4cccnc4c3n2)cc1. The molecule has 4 rings (SSSR count). The molecule has 0 bridgehead atoms. The van der Waals surface area contributed by atoms with Crippen molar-refractivity contribution in [2.24, 2.45) is 4.99 Å². The molecule has 0 radical (unpaired) electrons. The second kappa shape index (κ2) is 18.7. The number of carbonyl (C=O) groups is 5. The van der Waals surface area contributed by atoms with Crippen molar-refractivity contribution >= 4 is 80.3 Å². The van der Waals surface area contributed by atoms with Crippen molar-refractivity contribution in [3.8, 4) is 11.8 Å². The summed E-state index contributed by atoms with van der Waals surface area (Å²) in [6.07, 6.45) is 1.68. The molecular weight excluding hydrogens is 694 g/mol. The van der Waals surface area contributed by atoms with Gasteiger partial charge in [0.05, 0.1) is 49.1 Å². The van der Waals surface area contributed by atoms with Crippen molar-refractivity contribution in [3.05, 3.63) is 72.1 Å². The zero-order valence-corrected chi connectivity index (χ0v) is 28.4. The van der Waals surface area contributed by atoms with Crippen LogP contribution in [0.2, 0.25) is 0 Å². The van der Waals surface area contributed by atoms with E-state index in [-0.39, 0.29) is 32.7 Å². The number of carboxylic acid groups (broad SMARTS) is 4. The quantitative estimate of drug-likeness (QED) is 0.0428. The third kappa shape index (κ3) is 12.0. The smallest absolute Gasteiger partial charge is 0.317 e. The molecule has 0 spiro atoms. The molecule has 5 N–H and O–H groups in total. The Hall–Kier alpha value is -6.15. The van der Waals surface area contributed by atoms with Gasteiger partial charge in [0.15, 0.2) is 0 Å². The van der Waals surface area contributed by atoms with E-state index in [1.165, 1.54) is 9.80 Å². The second-order valence-electron chi connectivity index (χ2n) is 11.4. The molecule has 2 aromatic carbocycles. The van der Waals surface area contributed by atoms with E-state index in [4.69, 9.17) is 27.4 Å². The summed E-state index contributed by atoms with van der Waals surface area (Å²) in [6.45, 7) is -2.51. The number of nitrogens with zero attached hydrogens (tertiary/aromatic N) is 6. The molecule has 1 amide bonds. The average molecular weight is 728 g/mol. The number of aliphatic imine (C=N–C) groups is 1. The molecule has 4 aromatic rings. The molecule has 0 unspecified atom stereocenters. The van der Waals surface area contributed by atoms with Crippen LogP contribution in [-0.4, -0.2) is 139 Å². The molecule has 0 saturated carbocycles. The number of aliphatic carboxylic acids is 4. The number of nitrogens with one attached hydrogen (secondary N) is 1. The maximum absolute atomic E-state index is 12.9. The summed E-state index contributed by atoms with van der Waals surface area (Å²) in [4.78, 5) is 75.2. The number of hydrogen-bond acceptors (Lipinski definition) is 12. The van der Waals surface area contributed by atoms with E-state index in [0.717, 1.165) is 15.7 Å². The molecule has 0 atom stereocenters. The Labute approximate surface area is 302 Å². The predicted molar refractivity (Wildman–Crippen MR) is 193 cm³/mol. The first kappa shape index (κ1) is 38.6. The van der Waals surface area contributed by atoms with Crippen molar-refractivity contribution < 1.29 is 44.4 Å². The van der Waals surface area contributed by atoms with Gasteiger partial charge in [0.1, 0.15) is 11.2 Å². The average Bonchev–Trinajstić information content (AvgIpc) is 3.08. The van der Waals surface area contributed by atoms with Crippen LogP contribution in [0.15, 0.2) is 65.8 Å². The van der Waals surface area contributed by atoms with E-state index >= 15 is 0 Å². The van der Waals surface area contributed by atoms with E-state index in [0.29, 0.717) is 33.7 Å². The molecule has 2 heterocycles.